The second-order valence-corrected chi connectivity index (χ2v) is 8.18. The van der Waals surface area contributed by atoms with Crippen LogP contribution in [0.15, 0.2) is 78.9 Å². The molecular weight excluding hydrogens is 514 g/mol. The van der Waals surface area contributed by atoms with Gasteiger partial charge in [-0.25, -0.2) is 9.59 Å². The number of hydrogen-bond donors (Lipinski definition) is 3. The Morgan fingerprint density at radius 3 is 1.66 bits per heavy atom. The average Bonchev–Trinajstić information content (AvgIpc) is 2.86. The van der Waals surface area contributed by atoms with Crippen molar-refractivity contribution >= 4 is 23.4 Å². The lowest BCUT2D eigenvalue weighted by molar-refractivity contribution is -0.138. The maximum Gasteiger partial charge on any atom is 0.416 e. The average molecular weight is 538 g/mol. The highest BCUT2D eigenvalue weighted by Gasteiger charge is 2.30. The first-order valence-corrected chi connectivity index (χ1v) is 11.4. The summed E-state index contributed by atoms with van der Waals surface area (Å²) < 4.78 is 76.4. The van der Waals surface area contributed by atoms with Crippen LogP contribution in [0.2, 0.25) is 0 Å². The van der Waals surface area contributed by atoms with Gasteiger partial charge in [0.15, 0.2) is 0 Å². The van der Waals surface area contributed by atoms with Crippen LogP contribution >= 0.6 is 0 Å². The quantitative estimate of drug-likeness (QED) is 0.282. The number of amides is 4. The molecule has 0 bridgehead atoms. The fourth-order valence-corrected chi connectivity index (χ4v) is 3.39. The Morgan fingerprint density at radius 1 is 0.658 bits per heavy atom. The number of nitrogens with zero attached hydrogens (tertiary/aromatic N) is 1. The number of rotatable bonds is 8. The summed E-state index contributed by atoms with van der Waals surface area (Å²) in [4.78, 5) is 26.4. The van der Waals surface area contributed by atoms with Crippen LogP contribution in [0.4, 0.5) is 47.3 Å². The highest BCUT2D eigenvalue weighted by atomic mass is 19.4. The smallest absolute Gasteiger partial charge is 0.336 e. The Balaban J connectivity index is 1.58. The minimum absolute atomic E-state index is 0.00168. The van der Waals surface area contributed by atoms with Gasteiger partial charge in [-0.05, 0) is 60.5 Å². The molecule has 3 aromatic carbocycles. The number of halogens is 6. The Hall–Kier alpha value is -4.22. The number of anilines is 2. The van der Waals surface area contributed by atoms with Crippen molar-refractivity contribution in [1.82, 2.24) is 10.2 Å². The van der Waals surface area contributed by atoms with Gasteiger partial charge in [-0.3, -0.25) is 0 Å². The van der Waals surface area contributed by atoms with Gasteiger partial charge in [-0.2, -0.15) is 26.3 Å². The number of carbonyl (C=O) groups is 2. The summed E-state index contributed by atoms with van der Waals surface area (Å²) in [6.45, 7) is 0.306. The van der Waals surface area contributed by atoms with E-state index >= 15 is 0 Å². The number of carbonyl (C=O) groups excluding carboxylic acids is 2. The molecule has 0 unspecified atom stereocenters. The van der Waals surface area contributed by atoms with Gasteiger partial charge in [0, 0.05) is 31.0 Å². The van der Waals surface area contributed by atoms with Crippen LogP contribution in [-0.2, 0) is 18.8 Å². The van der Waals surface area contributed by atoms with Crippen molar-refractivity contribution in [2.24, 2.45) is 0 Å². The standard InChI is InChI=1S/C26H24F6N4O2/c27-25(28,29)19-6-10-21(11-7-19)34-23(37)33-15-17-36(16-14-18-4-2-1-3-5-18)24(38)35-22-12-8-20(9-13-22)26(30,31)32/h1-13H,14-17H2,(H,35,38)(H2,33,34,37). The SMILES string of the molecule is O=C(NCCN(CCc1ccccc1)C(=O)Nc1ccc(C(F)(F)F)cc1)Nc1ccc(C(F)(F)F)cc1. The van der Waals surface area contributed by atoms with Gasteiger partial charge in [0.2, 0.25) is 0 Å². The van der Waals surface area contributed by atoms with E-state index in [-0.39, 0.29) is 31.0 Å². The van der Waals surface area contributed by atoms with Crippen LogP contribution in [0.3, 0.4) is 0 Å². The summed E-state index contributed by atoms with van der Waals surface area (Å²) in [6.07, 6.45) is -8.51. The van der Waals surface area contributed by atoms with Crippen LogP contribution in [0.5, 0.6) is 0 Å². The van der Waals surface area contributed by atoms with E-state index in [4.69, 9.17) is 0 Å². The third-order valence-corrected chi connectivity index (χ3v) is 5.40. The zero-order valence-corrected chi connectivity index (χ0v) is 19.9. The predicted molar refractivity (Wildman–Crippen MR) is 131 cm³/mol. The van der Waals surface area contributed by atoms with Gasteiger partial charge in [-0.1, -0.05) is 30.3 Å². The molecule has 0 aliphatic carbocycles. The molecule has 0 radical (unpaired) electrons. The van der Waals surface area contributed by atoms with E-state index in [9.17, 15) is 35.9 Å². The maximum absolute atomic E-state index is 12.9. The van der Waals surface area contributed by atoms with Gasteiger partial charge in [0.05, 0.1) is 11.1 Å². The highest BCUT2D eigenvalue weighted by Crippen LogP contribution is 2.30. The number of alkyl halides is 6. The van der Waals surface area contributed by atoms with Crippen LogP contribution in [-0.4, -0.2) is 36.6 Å². The molecule has 0 aliphatic heterocycles. The van der Waals surface area contributed by atoms with Crippen LogP contribution in [0.25, 0.3) is 0 Å². The fourth-order valence-electron chi connectivity index (χ4n) is 3.39. The van der Waals surface area contributed by atoms with Crippen molar-refractivity contribution in [3.8, 4) is 0 Å². The van der Waals surface area contributed by atoms with E-state index in [1.165, 1.54) is 4.90 Å². The van der Waals surface area contributed by atoms with E-state index in [1.807, 2.05) is 30.3 Å². The molecule has 202 valence electrons. The summed E-state index contributed by atoms with van der Waals surface area (Å²) >= 11 is 0. The molecule has 4 amide bonds. The molecule has 0 spiro atoms. The van der Waals surface area contributed by atoms with Crippen LogP contribution in [0.1, 0.15) is 16.7 Å². The minimum atomic E-state index is -4.50. The molecule has 38 heavy (non-hydrogen) atoms. The van der Waals surface area contributed by atoms with Gasteiger partial charge in [0.25, 0.3) is 0 Å². The van der Waals surface area contributed by atoms with Crippen molar-refractivity contribution in [3.63, 3.8) is 0 Å². The zero-order chi connectivity index (χ0) is 27.8. The minimum Gasteiger partial charge on any atom is -0.336 e. The molecule has 0 saturated carbocycles. The van der Waals surface area contributed by atoms with Crippen molar-refractivity contribution in [2.75, 3.05) is 30.3 Å². The lowest BCUT2D eigenvalue weighted by Gasteiger charge is -2.23. The molecule has 0 fully saturated rings. The van der Waals surface area contributed by atoms with Gasteiger partial charge in [-0.15, -0.1) is 0 Å². The summed E-state index contributed by atoms with van der Waals surface area (Å²) in [5.74, 6) is 0. The molecule has 0 saturated heterocycles. The van der Waals surface area contributed by atoms with Gasteiger partial charge < -0.3 is 20.9 Å². The van der Waals surface area contributed by atoms with Crippen molar-refractivity contribution in [2.45, 2.75) is 18.8 Å². The topological polar surface area (TPSA) is 73.5 Å². The van der Waals surface area contributed by atoms with E-state index in [0.29, 0.717) is 6.42 Å². The molecule has 3 aromatic rings. The first kappa shape index (κ1) is 28.4. The lowest BCUT2D eigenvalue weighted by Crippen LogP contribution is -2.42. The first-order valence-electron chi connectivity index (χ1n) is 11.4. The van der Waals surface area contributed by atoms with Crippen molar-refractivity contribution < 1.29 is 35.9 Å². The number of urea groups is 2. The van der Waals surface area contributed by atoms with E-state index in [0.717, 1.165) is 54.1 Å². The third-order valence-electron chi connectivity index (χ3n) is 5.40. The van der Waals surface area contributed by atoms with E-state index < -0.39 is 35.5 Å². The number of hydrogen-bond acceptors (Lipinski definition) is 2. The van der Waals surface area contributed by atoms with E-state index in [2.05, 4.69) is 16.0 Å². The molecule has 0 aromatic heterocycles. The summed E-state index contributed by atoms with van der Waals surface area (Å²) in [6, 6.07) is 15.9. The fraction of sp³-hybridized carbons (Fsp3) is 0.231. The van der Waals surface area contributed by atoms with E-state index in [1.54, 1.807) is 0 Å². The molecule has 0 heterocycles. The van der Waals surface area contributed by atoms with Gasteiger partial charge >= 0.3 is 24.4 Å². The second-order valence-electron chi connectivity index (χ2n) is 8.18. The highest BCUT2D eigenvalue weighted by molar-refractivity contribution is 5.90. The molecule has 3 N–H and O–H groups in total. The van der Waals surface area contributed by atoms with Crippen LogP contribution < -0.4 is 16.0 Å². The monoisotopic (exact) mass is 538 g/mol. The largest absolute Gasteiger partial charge is 0.416 e. The van der Waals surface area contributed by atoms with Gasteiger partial charge in [0.1, 0.15) is 0 Å². The summed E-state index contributed by atoms with van der Waals surface area (Å²) in [5.41, 5.74) is -0.429. The molecule has 0 atom stereocenters. The molecule has 0 aliphatic rings. The summed E-state index contributed by atoms with van der Waals surface area (Å²) in [7, 11) is 0. The normalized spacial score (nSPS) is 11.5. The third kappa shape index (κ3) is 8.71. The van der Waals surface area contributed by atoms with Crippen LogP contribution in [0, 0.1) is 0 Å². The van der Waals surface area contributed by atoms with Crippen molar-refractivity contribution in [1.29, 1.82) is 0 Å². The Bertz CT molecular complexity index is 1200. The Morgan fingerprint density at radius 2 is 1.16 bits per heavy atom. The predicted octanol–water partition coefficient (Wildman–Crippen LogP) is 6.62. The second kappa shape index (κ2) is 12.3. The first-order chi connectivity index (χ1) is 17.9. The maximum atomic E-state index is 12.9. The lowest BCUT2D eigenvalue weighted by atomic mass is 10.1. The summed E-state index contributed by atoms with van der Waals surface area (Å²) in [5, 5.41) is 7.49. The Kier molecular flexibility index (Phi) is 9.21. The number of benzene rings is 3. The molecule has 12 heteroatoms. The van der Waals surface area contributed by atoms with Crippen molar-refractivity contribution in [3.05, 3.63) is 95.6 Å². The molecule has 6 nitrogen and oxygen atoms in total. The number of nitrogens with one attached hydrogen (secondary N) is 3. The Labute approximate surface area is 214 Å². The molecule has 3 rings (SSSR count). The molecular formula is C26H24F6N4O2. The zero-order valence-electron chi connectivity index (χ0n) is 19.9.